The van der Waals surface area contributed by atoms with Crippen LogP contribution in [-0.2, 0) is 0 Å². The predicted octanol–water partition coefficient (Wildman–Crippen LogP) is 4.49. The van der Waals surface area contributed by atoms with Crippen molar-refractivity contribution in [3.05, 3.63) is 53.3 Å². The summed E-state index contributed by atoms with van der Waals surface area (Å²) in [4.78, 5) is 25.3. The minimum absolute atomic E-state index is 0.328. The summed E-state index contributed by atoms with van der Waals surface area (Å²) in [6, 6.07) is 11.5. The molecule has 3 aromatic heterocycles. The van der Waals surface area contributed by atoms with Crippen molar-refractivity contribution in [1.29, 1.82) is 0 Å². The lowest BCUT2D eigenvalue weighted by molar-refractivity contribution is -0.247. The van der Waals surface area contributed by atoms with Crippen molar-refractivity contribution in [2.24, 2.45) is 0 Å². The van der Waals surface area contributed by atoms with Crippen molar-refractivity contribution in [1.82, 2.24) is 15.0 Å². The quantitative estimate of drug-likeness (QED) is 0.500. The van der Waals surface area contributed by atoms with E-state index < -0.39 is 11.6 Å². The van der Waals surface area contributed by atoms with Crippen molar-refractivity contribution in [3.63, 3.8) is 0 Å². The van der Waals surface area contributed by atoms with Crippen molar-refractivity contribution < 1.29 is 9.90 Å². The molecule has 0 saturated heterocycles. The van der Waals surface area contributed by atoms with Gasteiger partial charge >= 0.3 is 0 Å². The highest BCUT2D eigenvalue weighted by Crippen LogP contribution is 2.34. The Labute approximate surface area is 170 Å². The van der Waals surface area contributed by atoms with Crippen LogP contribution in [0.1, 0.15) is 20.8 Å². The first-order valence-electron chi connectivity index (χ1n) is 8.80. The maximum absolute atomic E-state index is 11.9. The number of nitrogens with zero attached hydrogens (tertiary/aromatic N) is 3. The molecule has 1 N–H and O–H groups in total. The molecular formula is C21H18BrN4O2-. The number of amides is 1. The number of fused-ring (bicyclic) bond motifs is 2. The topological polar surface area (TPSA) is 84.9 Å². The first-order valence-corrected chi connectivity index (χ1v) is 9.59. The van der Waals surface area contributed by atoms with Crippen LogP contribution in [0.2, 0.25) is 0 Å². The summed E-state index contributed by atoms with van der Waals surface area (Å²) in [5.74, 6) is 0.328. The minimum Gasteiger partial charge on any atom is -0.530 e. The molecule has 0 aliphatic rings. The fraction of sp³-hybridized carbons (Fsp3) is 0.190. The van der Waals surface area contributed by atoms with Crippen molar-refractivity contribution in [2.75, 3.05) is 4.90 Å². The van der Waals surface area contributed by atoms with Crippen LogP contribution in [-0.4, -0.2) is 26.6 Å². The number of aromatic amines is 1. The van der Waals surface area contributed by atoms with E-state index >= 15 is 0 Å². The maximum atomic E-state index is 11.9. The van der Waals surface area contributed by atoms with Crippen LogP contribution >= 0.6 is 15.9 Å². The van der Waals surface area contributed by atoms with Gasteiger partial charge in [0.15, 0.2) is 0 Å². The van der Waals surface area contributed by atoms with Crippen molar-refractivity contribution >= 4 is 49.6 Å². The smallest absolute Gasteiger partial charge is 0.143 e. The lowest BCUT2D eigenvalue weighted by Gasteiger charge is -2.37. The van der Waals surface area contributed by atoms with E-state index in [1.807, 2.05) is 57.3 Å². The highest BCUT2D eigenvalue weighted by atomic mass is 79.9. The molecule has 3 heterocycles. The number of pyridine rings is 2. The van der Waals surface area contributed by atoms with Gasteiger partial charge in [-0.05, 0) is 54.2 Å². The fourth-order valence-electron chi connectivity index (χ4n) is 3.33. The van der Waals surface area contributed by atoms with E-state index in [0.717, 1.165) is 31.8 Å². The Balaban J connectivity index is 2.01. The monoisotopic (exact) mass is 437 g/mol. The molecule has 7 heteroatoms. The number of rotatable bonds is 2. The fourth-order valence-corrected chi connectivity index (χ4v) is 3.75. The van der Waals surface area contributed by atoms with Gasteiger partial charge in [-0.2, -0.15) is 0 Å². The largest absolute Gasteiger partial charge is 0.530 e. The summed E-state index contributed by atoms with van der Waals surface area (Å²) in [5, 5.41) is 14.6. The van der Waals surface area contributed by atoms with E-state index in [9.17, 15) is 9.90 Å². The average molecular weight is 438 g/mol. The zero-order valence-corrected chi connectivity index (χ0v) is 17.2. The van der Waals surface area contributed by atoms with Gasteiger partial charge in [0.1, 0.15) is 17.6 Å². The molecule has 4 aromatic rings. The third-order valence-corrected chi connectivity index (χ3v) is 5.22. The SMILES string of the molecule is CC(C)(C)N(C(=O)[O-])c1cc2ccccc2c(-c2cnc3[nH]cc(Br)c3c2)n1. The summed E-state index contributed by atoms with van der Waals surface area (Å²) in [5.41, 5.74) is 1.54. The Hall–Kier alpha value is -2.93. The Kier molecular flexibility index (Phi) is 4.34. The second kappa shape index (κ2) is 6.60. The van der Waals surface area contributed by atoms with Gasteiger partial charge in [0, 0.05) is 38.7 Å². The van der Waals surface area contributed by atoms with Crippen LogP contribution < -0.4 is 10.0 Å². The molecule has 4 rings (SSSR count). The van der Waals surface area contributed by atoms with Crippen LogP contribution in [0.15, 0.2) is 53.3 Å². The molecule has 6 nitrogen and oxygen atoms in total. The number of hydrogen-bond acceptors (Lipinski definition) is 4. The molecule has 1 aromatic carbocycles. The number of aromatic nitrogens is 3. The van der Waals surface area contributed by atoms with E-state index in [2.05, 4.69) is 25.9 Å². The number of carbonyl (C=O) groups is 1. The summed E-state index contributed by atoms with van der Waals surface area (Å²) >= 11 is 3.52. The van der Waals surface area contributed by atoms with E-state index in [1.165, 1.54) is 4.90 Å². The van der Waals surface area contributed by atoms with E-state index in [-0.39, 0.29) is 0 Å². The number of halogens is 1. The third-order valence-electron chi connectivity index (χ3n) is 4.56. The highest BCUT2D eigenvalue weighted by Gasteiger charge is 2.25. The van der Waals surface area contributed by atoms with E-state index in [4.69, 9.17) is 4.98 Å². The molecule has 28 heavy (non-hydrogen) atoms. The zero-order chi connectivity index (χ0) is 20.1. The summed E-state index contributed by atoms with van der Waals surface area (Å²) in [7, 11) is 0. The van der Waals surface area contributed by atoms with Crippen molar-refractivity contribution in [2.45, 2.75) is 26.3 Å². The summed E-state index contributed by atoms with van der Waals surface area (Å²) in [6.45, 7) is 5.43. The Bertz CT molecular complexity index is 1210. The number of anilines is 1. The first kappa shape index (κ1) is 18.4. The Morgan fingerprint density at radius 2 is 1.93 bits per heavy atom. The molecular weight excluding hydrogens is 420 g/mol. The Morgan fingerprint density at radius 1 is 1.18 bits per heavy atom. The second-order valence-corrected chi connectivity index (χ2v) is 8.43. The Morgan fingerprint density at radius 3 is 2.64 bits per heavy atom. The molecule has 0 aliphatic heterocycles. The molecule has 0 fully saturated rings. The van der Waals surface area contributed by atoms with E-state index in [0.29, 0.717) is 11.5 Å². The minimum atomic E-state index is -1.29. The van der Waals surface area contributed by atoms with Gasteiger partial charge in [-0.25, -0.2) is 9.97 Å². The maximum Gasteiger partial charge on any atom is 0.143 e. The lowest BCUT2D eigenvalue weighted by Crippen LogP contribution is -2.52. The van der Waals surface area contributed by atoms with Gasteiger partial charge in [0.25, 0.3) is 0 Å². The molecule has 0 aliphatic carbocycles. The number of carboxylic acid groups (broad SMARTS) is 1. The summed E-state index contributed by atoms with van der Waals surface area (Å²) < 4.78 is 0.906. The van der Waals surface area contributed by atoms with Gasteiger partial charge in [-0.3, -0.25) is 0 Å². The zero-order valence-electron chi connectivity index (χ0n) is 15.7. The summed E-state index contributed by atoms with van der Waals surface area (Å²) in [6.07, 6.45) is 2.29. The van der Waals surface area contributed by atoms with E-state index in [1.54, 1.807) is 12.3 Å². The normalized spacial score (nSPS) is 11.9. The number of carbonyl (C=O) groups excluding carboxylic acids is 1. The van der Waals surface area contributed by atoms with Crippen LogP contribution in [0.5, 0.6) is 0 Å². The molecule has 0 saturated carbocycles. The van der Waals surface area contributed by atoms with Gasteiger partial charge in [-0.1, -0.05) is 24.3 Å². The molecule has 0 spiro atoms. The van der Waals surface area contributed by atoms with Gasteiger partial charge in [0.05, 0.1) is 5.69 Å². The number of nitrogens with one attached hydrogen (secondary N) is 1. The van der Waals surface area contributed by atoms with Gasteiger partial charge in [-0.15, -0.1) is 0 Å². The standard InChI is InChI=1S/C21H19BrN4O2/c1-21(2,3)26(20(27)28)17-9-12-6-4-5-7-14(12)18(25-17)13-8-15-16(22)11-24-19(15)23-10-13/h4-11H,1-3H3,(H,23,24)(H,27,28)/p-1. The van der Waals surface area contributed by atoms with Crippen LogP contribution in [0.4, 0.5) is 10.6 Å². The molecule has 0 bridgehead atoms. The molecule has 0 radical (unpaired) electrons. The number of hydrogen-bond donors (Lipinski definition) is 1. The van der Waals surface area contributed by atoms with Crippen LogP contribution in [0.3, 0.4) is 0 Å². The third kappa shape index (κ3) is 3.11. The lowest BCUT2D eigenvalue weighted by atomic mass is 10.0. The molecule has 1 amide bonds. The average Bonchev–Trinajstić information content (AvgIpc) is 3.00. The number of H-pyrrole nitrogens is 1. The first-order chi connectivity index (χ1) is 13.3. The molecule has 0 atom stereocenters. The van der Waals surface area contributed by atoms with Crippen LogP contribution in [0.25, 0.3) is 33.1 Å². The highest BCUT2D eigenvalue weighted by molar-refractivity contribution is 9.10. The molecule has 0 unspecified atom stereocenters. The predicted molar refractivity (Wildman–Crippen MR) is 112 cm³/mol. The van der Waals surface area contributed by atoms with Gasteiger partial charge < -0.3 is 19.8 Å². The number of benzene rings is 1. The molecule has 142 valence electrons. The van der Waals surface area contributed by atoms with Gasteiger partial charge in [0.2, 0.25) is 0 Å². The second-order valence-electron chi connectivity index (χ2n) is 7.58. The van der Waals surface area contributed by atoms with Crippen molar-refractivity contribution in [3.8, 4) is 11.3 Å². The van der Waals surface area contributed by atoms with Crippen LogP contribution in [0, 0.1) is 0 Å².